The number of benzene rings is 2. The standard InChI is InChI=1S/C20H23N3O3/c1-15(24)22-18-6-4-17(5-7-18)21-14-16-3-8-19(13-20(16)25-2)23-9-11-26-12-10-23/h3-8,13-14H,9-12H2,1-2H3,(H,22,24). The number of carbonyl (C=O) groups is 1. The highest BCUT2D eigenvalue weighted by Gasteiger charge is 2.13. The van der Waals surface area contributed by atoms with E-state index >= 15 is 0 Å². The van der Waals surface area contributed by atoms with E-state index in [0.717, 1.165) is 54.7 Å². The minimum atomic E-state index is -0.0913. The van der Waals surface area contributed by atoms with Crippen molar-refractivity contribution in [3.05, 3.63) is 48.0 Å². The Labute approximate surface area is 153 Å². The maximum absolute atomic E-state index is 11.1. The summed E-state index contributed by atoms with van der Waals surface area (Å²) >= 11 is 0. The molecule has 1 N–H and O–H groups in total. The molecule has 0 atom stereocenters. The van der Waals surface area contributed by atoms with Crippen LogP contribution in [-0.4, -0.2) is 45.5 Å². The number of nitrogens with zero attached hydrogens (tertiary/aromatic N) is 2. The summed E-state index contributed by atoms with van der Waals surface area (Å²) in [7, 11) is 1.66. The van der Waals surface area contributed by atoms with Crippen LogP contribution in [0.2, 0.25) is 0 Å². The van der Waals surface area contributed by atoms with Gasteiger partial charge in [0.1, 0.15) is 5.75 Å². The second kappa shape index (κ2) is 8.49. The third-order valence-electron chi connectivity index (χ3n) is 4.13. The molecule has 6 nitrogen and oxygen atoms in total. The van der Waals surface area contributed by atoms with E-state index in [2.05, 4.69) is 21.3 Å². The fourth-order valence-electron chi connectivity index (χ4n) is 2.80. The summed E-state index contributed by atoms with van der Waals surface area (Å²) < 4.78 is 10.9. The molecule has 136 valence electrons. The molecule has 0 unspecified atom stereocenters. The second-order valence-electron chi connectivity index (χ2n) is 6.01. The number of hydrogen-bond acceptors (Lipinski definition) is 5. The maximum Gasteiger partial charge on any atom is 0.221 e. The lowest BCUT2D eigenvalue weighted by atomic mass is 10.1. The molecule has 0 radical (unpaired) electrons. The molecule has 1 amide bonds. The Kier molecular flexibility index (Phi) is 5.86. The smallest absolute Gasteiger partial charge is 0.221 e. The number of carbonyl (C=O) groups excluding carboxylic acids is 1. The molecule has 1 aliphatic rings. The Morgan fingerprint density at radius 1 is 1.19 bits per heavy atom. The highest BCUT2D eigenvalue weighted by Crippen LogP contribution is 2.26. The van der Waals surface area contributed by atoms with Crippen molar-refractivity contribution in [2.45, 2.75) is 6.92 Å². The zero-order valence-corrected chi connectivity index (χ0v) is 15.1. The quantitative estimate of drug-likeness (QED) is 0.838. The van der Waals surface area contributed by atoms with Crippen LogP contribution in [0.4, 0.5) is 17.1 Å². The Balaban J connectivity index is 1.74. The van der Waals surface area contributed by atoms with Gasteiger partial charge in [0.2, 0.25) is 5.91 Å². The van der Waals surface area contributed by atoms with Crippen LogP contribution < -0.4 is 15.0 Å². The number of amides is 1. The first-order chi connectivity index (χ1) is 12.7. The third kappa shape index (κ3) is 4.61. The highest BCUT2D eigenvalue weighted by molar-refractivity contribution is 5.89. The molecule has 0 saturated carbocycles. The minimum absolute atomic E-state index is 0.0913. The number of anilines is 2. The molecule has 0 aliphatic carbocycles. The van der Waals surface area contributed by atoms with Gasteiger partial charge < -0.3 is 19.7 Å². The van der Waals surface area contributed by atoms with Crippen molar-refractivity contribution < 1.29 is 14.3 Å². The molecular weight excluding hydrogens is 330 g/mol. The maximum atomic E-state index is 11.1. The average Bonchev–Trinajstić information content (AvgIpc) is 2.67. The fraction of sp³-hybridized carbons (Fsp3) is 0.300. The van der Waals surface area contributed by atoms with Gasteiger partial charge in [-0.1, -0.05) is 0 Å². The predicted molar refractivity (Wildman–Crippen MR) is 104 cm³/mol. The number of morpholine rings is 1. The van der Waals surface area contributed by atoms with E-state index in [1.807, 2.05) is 36.4 Å². The Morgan fingerprint density at radius 2 is 1.92 bits per heavy atom. The van der Waals surface area contributed by atoms with Crippen molar-refractivity contribution in [3.8, 4) is 5.75 Å². The summed E-state index contributed by atoms with van der Waals surface area (Å²) in [6.45, 7) is 4.76. The molecule has 3 rings (SSSR count). The van der Waals surface area contributed by atoms with Gasteiger partial charge in [-0.15, -0.1) is 0 Å². The van der Waals surface area contributed by atoms with Crippen LogP contribution in [-0.2, 0) is 9.53 Å². The summed E-state index contributed by atoms with van der Waals surface area (Å²) in [6, 6.07) is 13.5. The SMILES string of the molecule is COc1cc(N2CCOCC2)ccc1C=Nc1ccc(NC(C)=O)cc1. The summed E-state index contributed by atoms with van der Waals surface area (Å²) in [5, 5.41) is 2.74. The molecule has 1 fully saturated rings. The average molecular weight is 353 g/mol. The van der Waals surface area contributed by atoms with E-state index in [0.29, 0.717) is 0 Å². The Morgan fingerprint density at radius 3 is 2.58 bits per heavy atom. The van der Waals surface area contributed by atoms with Crippen molar-refractivity contribution >= 4 is 29.2 Å². The van der Waals surface area contributed by atoms with E-state index < -0.39 is 0 Å². The van der Waals surface area contributed by atoms with E-state index in [9.17, 15) is 4.79 Å². The number of hydrogen-bond donors (Lipinski definition) is 1. The number of ether oxygens (including phenoxy) is 2. The zero-order chi connectivity index (χ0) is 18.4. The van der Waals surface area contributed by atoms with E-state index in [4.69, 9.17) is 9.47 Å². The predicted octanol–water partition coefficient (Wildman–Crippen LogP) is 3.24. The minimum Gasteiger partial charge on any atom is -0.496 e. The fourth-order valence-corrected chi connectivity index (χ4v) is 2.80. The van der Waals surface area contributed by atoms with Crippen molar-refractivity contribution in [2.75, 3.05) is 43.6 Å². The number of nitrogens with one attached hydrogen (secondary N) is 1. The van der Waals surface area contributed by atoms with Gasteiger partial charge in [-0.3, -0.25) is 9.79 Å². The number of rotatable bonds is 5. The highest BCUT2D eigenvalue weighted by atomic mass is 16.5. The van der Waals surface area contributed by atoms with Gasteiger partial charge in [0.15, 0.2) is 0 Å². The summed E-state index contributed by atoms with van der Waals surface area (Å²) in [4.78, 5) is 17.8. The lowest BCUT2D eigenvalue weighted by Gasteiger charge is -2.29. The van der Waals surface area contributed by atoms with Crippen molar-refractivity contribution in [3.63, 3.8) is 0 Å². The molecule has 0 aromatic heterocycles. The molecule has 2 aromatic carbocycles. The first-order valence-electron chi connectivity index (χ1n) is 8.58. The molecule has 0 spiro atoms. The van der Waals surface area contributed by atoms with Gasteiger partial charge in [-0.25, -0.2) is 0 Å². The Bertz CT molecular complexity index is 781. The molecule has 1 aliphatic heterocycles. The van der Waals surface area contributed by atoms with Crippen LogP contribution in [0.15, 0.2) is 47.5 Å². The molecule has 0 bridgehead atoms. The van der Waals surface area contributed by atoms with Crippen LogP contribution in [0.5, 0.6) is 5.75 Å². The van der Waals surface area contributed by atoms with Gasteiger partial charge in [0, 0.05) is 49.2 Å². The molecule has 2 aromatic rings. The third-order valence-corrected chi connectivity index (χ3v) is 4.13. The van der Waals surface area contributed by atoms with Crippen LogP contribution in [0.1, 0.15) is 12.5 Å². The number of methoxy groups -OCH3 is 1. The largest absolute Gasteiger partial charge is 0.496 e. The van der Waals surface area contributed by atoms with Crippen LogP contribution in [0.3, 0.4) is 0 Å². The molecular formula is C20H23N3O3. The topological polar surface area (TPSA) is 63.2 Å². The number of aliphatic imine (C=N–C) groups is 1. The van der Waals surface area contributed by atoms with E-state index in [1.54, 1.807) is 13.3 Å². The van der Waals surface area contributed by atoms with Gasteiger partial charge in [-0.2, -0.15) is 0 Å². The molecule has 26 heavy (non-hydrogen) atoms. The van der Waals surface area contributed by atoms with E-state index in [1.165, 1.54) is 6.92 Å². The Hall–Kier alpha value is -2.86. The lowest BCUT2D eigenvalue weighted by molar-refractivity contribution is -0.114. The van der Waals surface area contributed by atoms with Gasteiger partial charge in [0.05, 0.1) is 26.0 Å². The zero-order valence-electron chi connectivity index (χ0n) is 15.1. The van der Waals surface area contributed by atoms with Gasteiger partial charge in [0.25, 0.3) is 0 Å². The molecule has 1 saturated heterocycles. The van der Waals surface area contributed by atoms with Crippen molar-refractivity contribution in [1.82, 2.24) is 0 Å². The summed E-state index contributed by atoms with van der Waals surface area (Å²) in [5.41, 5.74) is 3.60. The molecule has 1 heterocycles. The monoisotopic (exact) mass is 353 g/mol. The first-order valence-corrected chi connectivity index (χ1v) is 8.58. The second-order valence-corrected chi connectivity index (χ2v) is 6.01. The first kappa shape index (κ1) is 17.9. The normalized spacial score (nSPS) is 14.5. The lowest BCUT2D eigenvalue weighted by Crippen LogP contribution is -2.36. The van der Waals surface area contributed by atoms with Gasteiger partial charge >= 0.3 is 0 Å². The van der Waals surface area contributed by atoms with Crippen molar-refractivity contribution in [1.29, 1.82) is 0 Å². The van der Waals surface area contributed by atoms with Gasteiger partial charge in [-0.05, 0) is 36.4 Å². The van der Waals surface area contributed by atoms with Crippen LogP contribution in [0.25, 0.3) is 0 Å². The summed E-state index contributed by atoms with van der Waals surface area (Å²) in [6.07, 6.45) is 1.79. The summed E-state index contributed by atoms with van der Waals surface area (Å²) in [5.74, 6) is 0.693. The van der Waals surface area contributed by atoms with Crippen LogP contribution >= 0.6 is 0 Å². The van der Waals surface area contributed by atoms with E-state index in [-0.39, 0.29) is 5.91 Å². The van der Waals surface area contributed by atoms with Crippen molar-refractivity contribution in [2.24, 2.45) is 4.99 Å². The molecule has 6 heteroatoms. The van der Waals surface area contributed by atoms with Crippen LogP contribution in [0, 0.1) is 0 Å².